The maximum atomic E-state index is 11.1. The van der Waals surface area contributed by atoms with Crippen molar-refractivity contribution in [1.82, 2.24) is 4.98 Å². The van der Waals surface area contributed by atoms with Gasteiger partial charge >= 0.3 is 5.97 Å². The molecule has 0 radical (unpaired) electrons. The number of aromatic nitrogens is 1. The van der Waals surface area contributed by atoms with Crippen LogP contribution in [0, 0.1) is 30.1 Å². The summed E-state index contributed by atoms with van der Waals surface area (Å²) >= 11 is 0. The number of aliphatic carboxylic acids is 1. The van der Waals surface area contributed by atoms with E-state index >= 15 is 0 Å². The predicted octanol–water partition coefficient (Wildman–Crippen LogP) is 1.42. The van der Waals surface area contributed by atoms with Crippen molar-refractivity contribution < 1.29 is 9.90 Å². The van der Waals surface area contributed by atoms with Crippen LogP contribution >= 0.6 is 0 Å². The SMILES string of the molecule is Cc1cc(C#N)cc(N2CC(C)C(C(=O)O)C2)n1. The quantitative estimate of drug-likeness (QED) is 0.852. The first-order chi connectivity index (χ1) is 8.51. The summed E-state index contributed by atoms with van der Waals surface area (Å²) in [5.74, 6) is -0.339. The highest BCUT2D eigenvalue weighted by atomic mass is 16.4. The third-order valence-corrected chi connectivity index (χ3v) is 3.32. The van der Waals surface area contributed by atoms with Crippen LogP contribution in [0.5, 0.6) is 0 Å². The third-order valence-electron chi connectivity index (χ3n) is 3.32. The van der Waals surface area contributed by atoms with Gasteiger partial charge in [0.05, 0.1) is 17.6 Å². The van der Waals surface area contributed by atoms with E-state index in [0.717, 1.165) is 5.69 Å². The molecule has 0 amide bonds. The van der Waals surface area contributed by atoms with Crippen molar-refractivity contribution in [3.63, 3.8) is 0 Å². The molecular weight excluding hydrogens is 230 g/mol. The predicted molar refractivity (Wildman–Crippen MR) is 66.2 cm³/mol. The van der Waals surface area contributed by atoms with E-state index in [1.54, 1.807) is 12.1 Å². The van der Waals surface area contributed by atoms with Crippen molar-refractivity contribution in [2.75, 3.05) is 18.0 Å². The van der Waals surface area contributed by atoms with Gasteiger partial charge in [-0.3, -0.25) is 4.79 Å². The van der Waals surface area contributed by atoms with E-state index in [9.17, 15) is 4.79 Å². The second kappa shape index (κ2) is 4.65. The second-order valence-electron chi connectivity index (χ2n) is 4.79. The van der Waals surface area contributed by atoms with Crippen LogP contribution in [0.4, 0.5) is 5.82 Å². The minimum atomic E-state index is -0.766. The summed E-state index contributed by atoms with van der Waals surface area (Å²) in [7, 11) is 0. The fourth-order valence-corrected chi connectivity index (χ4v) is 2.35. The number of hydrogen-bond donors (Lipinski definition) is 1. The van der Waals surface area contributed by atoms with E-state index in [1.165, 1.54) is 0 Å². The number of pyridine rings is 1. The number of hydrogen-bond acceptors (Lipinski definition) is 4. The molecule has 94 valence electrons. The number of carbonyl (C=O) groups is 1. The first-order valence-electron chi connectivity index (χ1n) is 5.88. The minimum Gasteiger partial charge on any atom is -0.481 e. The minimum absolute atomic E-state index is 0.0929. The number of anilines is 1. The van der Waals surface area contributed by atoms with Crippen molar-refractivity contribution in [2.24, 2.45) is 11.8 Å². The molecule has 5 nitrogen and oxygen atoms in total. The molecular formula is C13H15N3O2. The Morgan fingerprint density at radius 2 is 2.28 bits per heavy atom. The van der Waals surface area contributed by atoms with Gasteiger partial charge in [0.1, 0.15) is 5.82 Å². The normalized spacial score (nSPS) is 22.8. The van der Waals surface area contributed by atoms with E-state index in [2.05, 4.69) is 11.1 Å². The zero-order chi connectivity index (χ0) is 13.3. The van der Waals surface area contributed by atoms with Crippen LogP contribution in [0.25, 0.3) is 0 Å². The second-order valence-corrected chi connectivity index (χ2v) is 4.79. The molecule has 5 heteroatoms. The summed E-state index contributed by atoms with van der Waals surface area (Å²) in [5.41, 5.74) is 1.33. The summed E-state index contributed by atoms with van der Waals surface area (Å²) in [5, 5.41) is 18.0. The molecule has 1 aliphatic rings. The lowest BCUT2D eigenvalue weighted by Gasteiger charge is -2.17. The van der Waals surface area contributed by atoms with Gasteiger partial charge in [-0.2, -0.15) is 5.26 Å². The topological polar surface area (TPSA) is 77.2 Å². The van der Waals surface area contributed by atoms with Gasteiger partial charge in [0.2, 0.25) is 0 Å². The number of nitriles is 1. The highest BCUT2D eigenvalue weighted by Gasteiger charge is 2.35. The van der Waals surface area contributed by atoms with Crippen molar-refractivity contribution in [2.45, 2.75) is 13.8 Å². The van der Waals surface area contributed by atoms with Crippen LogP contribution in [-0.4, -0.2) is 29.1 Å². The van der Waals surface area contributed by atoms with Gasteiger partial charge in [-0.15, -0.1) is 0 Å². The first kappa shape index (κ1) is 12.4. The Hall–Kier alpha value is -2.09. The zero-order valence-electron chi connectivity index (χ0n) is 10.4. The van der Waals surface area contributed by atoms with Crippen LogP contribution in [0.2, 0.25) is 0 Å². The van der Waals surface area contributed by atoms with E-state index in [0.29, 0.717) is 24.5 Å². The number of carboxylic acids is 1. The Morgan fingerprint density at radius 3 is 2.83 bits per heavy atom. The summed E-state index contributed by atoms with van der Waals surface area (Å²) in [6.45, 7) is 4.88. The van der Waals surface area contributed by atoms with Crippen LogP contribution in [0.1, 0.15) is 18.2 Å². The first-order valence-corrected chi connectivity index (χ1v) is 5.88. The standard InChI is InChI=1S/C13H15N3O2/c1-8-6-16(7-11(8)13(17)18)12-4-10(5-14)3-9(2)15-12/h3-4,8,11H,6-7H2,1-2H3,(H,17,18). The molecule has 1 N–H and O–H groups in total. The maximum absolute atomic E-state index is 11.1. The Balaban J connectivity index is 2.26. The average Bonchev–Trinajstić information content (AvgIpc) is 2.70. The lowest BCUT2D eigenvalue weighted by atomic mass is 9.99. The van der Waals surface area contributed by atoms with E-state index in [-0.39, 0.29) is 11.8 Å². The monoisotopic (exact) mass is 245 g/mol. The molecule has 1 saturated heterocycles. The van der Waals surface area contributed by atoms with Gasteiger partial charge in [-0.1, -0.05) is 6.92 Å². The molecule has 1 aromatic rings. The van der Waals surface area contributed by atoms with E-state index in [1.807, 2.05) is 18.7 Å². The zero-order valence-corrected chi connectivity index (χ0v) is 10.4. The molecule has 1 fully saturated rings. The highest BCUT2D eigenvalue weighted by Crippen LogP contribution is 2.27. The van der Waals surface area contributed by atoms with Crippen molar-refractivity contribution >= 4 is 11.8 Å². The average molecular weight is 245 g/mol. The lowest BCUT2D eigenvalue weighted by molar-refractivity contribution is -0.142. The van der Waals surface area contributed by atoms with Gasteiger partial charge in [0.15, 0.2) is 0 Å². The summed E-state index contributed by atoms with van der Waals surface area (Å²) < 4.78 is 0. The largest absolute Gasteiger partial charge is 0.481 e. The number of carboxylic acid groups (broad SMARTS) is 1. The van der Waals surface area contributed by atoms with Crippen molar-refractivity contribution in [3.8, 4) is 6.07 Å². The van der Waals surface area contributed by atoms with E-state index in [4.69, 9.17) is 10.4 Å². The van der Waals surface area contributed by atoms with Crippen molar-refractivity contribution in [1.29, 1.82) is 5.26 Å². The lowest BCUT2D eigenvalue weighted by Crippen LogP contribution is -2.23. The molecule has 2 rings (SSSR count). The van der Waals surface area contributed by atoms with Crippen LogP contribution in [0.15, 0.2) is 12.1 Å². The molecule has 2 atom stereocenters. The third kappa shape index (κ3) is 2.28. The summed E-state index contributed by atoms with van der Waals surface area (Å²) in [4.78, 5) is 17.4. The molecule has 1 aliphatic heterocycles. The highest BCUT2D eigenvalue weighted by molar-refractivity contribution is 5.72. The number of rotatable bonds is 2. The van der Waals surface area contributed by atoms with Gasteiger partial charge in [-0.05, 0) is 25.0 Å². The molecule has 0 spiro atoms. The molecule has 0 aromatic carbocycles. The fraction of sp³-hybridized carbons (Fsp3) is 0.462. The fourth-order valence-electron chi connectivity index (χ4n) is 2.35. The Kier molecular flexibility index (Phi) is 3.19. The summed E-state index contributed by atoms with van der Waals surface area (Å²) in [6, 6.07) is 5.53. The van der Waals surface area contributed by atoms with Gasteiger partial charge in [0.25, 0.3) is 0 Å². The number of aryl methyl sites for hydroxylation is 1. The molecule has 2 unspecified atom stereocenters. The van der Waals surface area contributed by atoms with Gasteiger partial charge in [0, 0.05) is 18.8 Å². The van der Waals surface area contributed by atoms with Gasteiger partial charge < -0.3 is 10.0 Å². The molecule has 2 heterocycles. The summed E-state index contributed by atoms with van der Waals surface area (Å²) in [6.07, 6.45) is 0. The molecule has 0 saturated carbocycles. The molecule has 0 bridgehead atoms. The van der Waals surface area contributed by atoms with Crippen molar-refractivity contribution in [3.05, 3.63) is 23.4 Å². The Labute approximate surface area is 106 Å². The van der Waals surface area contributed by atoms with Crippen LogP contribution in [-0.2, 0) is 4.79 Å². The van der Waals surface area contributed by atoms with E-state index < -0.39 is 5.97 Å². The van der Waals surface area contributed by atoms with Crippen LogP contribution < -0.4 is 4.90 Å². The number of nitrogens with zero attached hydrogens (tertiary/aromatic N) is 3. The maximum Gasteiger partial charge on any atom is 0.308 e. The van der Waals surface area contributed by atoms with Gasteiger partial charge in [-0.25, -0.2) is 4.98 Å². The van der Waals surface area contributed by atoms with Crippen LogP contribution in [0.3, 0.4) is 0 Å². The molecule has 1 aromatic heterocycles. The smallest absolute Gasteiger partial charge is 0.308 e. The molecule has 18 heavy (non-hydrogen) atoms. The Morgan fingerprint density at radius 1 is 1.56 bits per heavy atom. The Bertz CT molecular complexity index is 521. The molecule has 0 aliphatic carbocycles.